The number of nitrogens with zero attached hydrogens (tertiary/aromatic N) is 4. The molecule has 3 heterocycles. The highest BCUT2D eigenvalue weighted by atomic mass is 35.5. The van der Waals surface area contributed by atoms with E-state index in [2.05, 4.69) is 20.3 Å². The zero-order valence-electron chi connectivity index (χ0n) is 15.3. The van der Waals surface area contributed by atoms with Crippen molar-refractivity contribution in [1.82, 2.24) is 19.5 Å². The molecule has 1 saturated heterocycles. The molecule has 0 spiro atoms. The van der Waals surface area contributed by atoms with Crippen LogP contribution >= 0.6 is 11.6 Å². The van der Waals surface area contributed by atoms with Gasteiger partial charge in [0.05, 0.1) is 23.6 Å². The van der Waals surface area contributed by atoms with Crippen LogP contribution in [0.5, 0.6) is 0 Å². The molecule has 0 radical (unpaired) electrons. The smallest absolute Gasteiger partial charge is 0.167 e. The molecule has 1 aliphatic rings. The van der Waals surface area contributed by atoms with E-state index in [0.717, 1.165) is 0 Å². The second kappa shape index (κ2) is 7.61. The van der Waals surface area contributed by atoms with Crippen molar-refractivity contribution in [2.75, 3.05) is 19.0 Å². The molecule has 28 heavy (non-hydrogen) atoms. The molecule has 0 amide bonds. The Morgan fingerprint density at radius 3 is 2.79 bits per heavy atom. The fourth-order valence-corrected chi connectivity index (χ4v) is 3.43. The Hall–Kier alpha value is -2.30. The number of ether oxygens (including phenoxy) is 2. The summed E-state index contributed by atoms with van der Waals surface area (Å²) >= 11 is 6.23. The van der Waals surface area contributed by atoms with E-state index in [1.54, 1.807) is 17.6 Å². The van der Waals surface area contributed by atoms with Gasteiger partial charge in [-0.2, -0.15) is 0 Å². The molecule has 2 aromatic heterocycles. The second-order valence-electron chi connectivity index (χ2n) is 6.55. The van der Waals surface area contributed by atoms with Gasteiger partial charge >= 0.3 is 0 Å². The van der Waals surface area contributed by atoms with Gasteiger partial charge in [-0.3, -0.25) is 4.57 Å². The summed E-state index contributed by atoms with van der Waals surface area (Å²) < 4.78 is 12.4. The number of benzene rings is 1. The first-order valence-electron chi connectivity index (χ1n) is 8.73. The minimum atomic E-state index is -1.15. The Morgan fingerprint density at radius 2 is 2.04 bits per heavy atom. The van der Waals surface area contributed by atoms with Crippen molar-refractivity contribution in [2.24, 2.45) is 0 Å². The molecule has 3 aromatic rings. The van der Waals surface area contributed by atoms with Gasteiger partial charge in [0.15, 0.2) is 23.2 Å². The maximum atomic E-state index is 10.4. The summed E-state index contributed by atoms with van der Waals surface area (Å²) in [6.07, 6.45) is -2.21. The number of anilines is 2. The lowest BCUT2D eigenvalue weighted by atomic mass is 10.1. The zero-order valence-corrected chi connectivity index (χ0v) is 16.0. The van der Waals surface area contributed by atoms with Crippen molar-refractivity contribution >= 4 is 34.3 Å². The summed E-state index contributed by atoms with van der Waals surface area (Å²) in [5.41, 5.74) is 1.65. The summed E-state index contributed by atoms with van der Waals surface area (Å²) in [5, 5.41) is 24.4. The summed E-state index contributed by atoms with van der Waals surface area (Å²) in [6.45, 7) is 1.91. The summed E-state index contributed by atoms with van der Waals surface area (Å²) in [6, 6.07) is 7.30. The summed E-state index contributed by atoms with van der Waals surface area (Å²) in [7, 11) is 1.51. The number of rotatable bonds is 5. The second-order valence-corrected chi connectivity index (χ2v) is 6.96. The first-order chi connectivity index (χ1) is 13.5. The van der Waals surface area contributed by atoms with Crippen LogP contribution in [0.2, 0.25) is 5.02 Å². The minimum Gasteiger partial charge on any atom is -0.387 e. The molecule has 9 nitrogen and oxygen atoms in total. The molecule has 148 valence electrons. The first kappa shape index (κ1) is 19.0. The number of aliphatic hydroxyl groups excluding tert-OH is 2. The third kappa shape index (κ3) is 3.31. The molecule has 3 N–H and O–H groups in total. The highest BCUT2D eigenvalue weighted by molar-refractivity contribution is 6.33. The minimum absolute atomic E-state index is 0.161. The lowest BCUT2D eigenvalue weighted by Crippen LogP contribution is -2.33. The molecule has 1 fully saturated rings. The van der Waals surface area contributed by atoms with E-state index in [9.17, 15) is 10.2 Å². The Balaban J connectivity index is 1.73. The number of aliphatic hydroxyl groups is 2. The van der Waals surface area contributed by atoms with Crippen LogP contribution in [-0.4, -0.2) is 61.8 Å². The van der Waals surface area contributed by atoms with Gasteiger partial charge < -0.3 is 25.0 Å². The number of hydrogen-bond acceptors (Lipinski definition) is 8. The topological polar surface area (TPSA) is 115 Å². The van der Waals surface area contributed by atoms with Crippen molar-refractivity contribution in [2.45, 2.75) is 31.5 Å². The largest absolute Gasteiger partial charge is 0.387 e. The van der Waals surface area contributed by atoms with Crippen LogP contribution in [-0.2, 0) is 9.47 Å². The number of aryl methyl sites for hydroxylation is 1. The number of halogens is 1. The first-order valence-corrected chi connectivity index (χ1v) is 9.10. The van der Waals surface area contributed by atoms with Crippen LogP contribution in [0.25, 0.3) is 11.2 Å². The van der Waals surface area contributed by atoms with Gasteiger partial charge in [0, 0.05) is 7.11 Å². The maximum Gasteiger partial charge on any atom is 0.167 e. The summed E-state index contributed by atoms with van der Waals surface area (Å²) in [5.74, 6) is 0.987. The van der Waals surface area contributed by atoms with Gasteiger partial charge in [0.25, 0.3) is 0 Å². The maximum absolute atomic E-state index is 10.4. The van der Waals surface area contributed by atoms with Gasteiger partial charge in [-0.15, -0.1) is 0 Å². The molecular formula is C18H20ClN5O4. The van der Waals surface area contributed by atoms with Gasteiger partial charge in [-0.25, -0.2) is 15.0 Å². The Morgan fingerprint density at radius 1 is 1.25 bits per heavy atom. The highest BCUT2D eigenvalue weighted by Crippen LogP contribution is 2.33. The van der Waals surface area contributed by atoms with Crippen molar-refractivity contribution in [1.29, 1.82) is 0 Å². The van der Waals surface area contributed by atoms with E-state index in [4.69, 9.17) is 21.1 Å². The van der Waals surface area contributed by atoms with E-state index in [-0.39, 0.29) is 6.61 Å². The molecule has 1 aliphatic heterocycles. The number of nitrogens with one attached hydrogen (secondary N) is 1. The van der Waals surface area contributed by atoms with E-state index in [1.165, 1.54) is 13.4 Å². The zero-order chi connectivity index (χ0) is 19.8. The van der Waals surface area contributed by atoms with Gasteiger partial charge in [0.2, 0.25) is 0 Å². The number of imidazole rings is 1. The van der Waals surface area contributed by atoms with E-state index in [1.807, 2.05) is 18.2 Å². The number of fused-ring (bicyclic) bond motifs is 1. The van der Waals surface area contributed by atoms with Crippen LogP contribution in [0.3, 0.4) is 0 Å². The lowest BCUT2D eigenvalue weighted by molar-refractivity contribution is -0.0580. The van der Waals surface area contributed by atoms with Crippen LogP contribution in [0.15, 0.2) is 30.6 Å². The number of methoxy groups -OCH3 is 1. The molecule has 10 heteroatoms. The van der Waals surface area contributed by atoms with Gasteiger partial charge in [0.1, 0.15) is 24.1 Å². The van der Waals surface area contributed by atoms with Crippen LogP contribution in [0.1, 0.15) is 12.1 Å². The van der Waals surface area contributed by atoms with Gasteiger partial charge in [-0.1, -0.05) is 23.7 Å². The van der Waals surface area contributed by atoms with E-state index in [0.29, 0.717) is 33.5 Å². The Kier molecular flexibility index (Phi) is 5.17. The number of hydrogen-bond donors (Lipinski definition) is 3. The van der Waals surface area contributed by atoms with Crippen LogP contribution in [0.4, 0.5) is 11.5 Å². The average Bonchev–Trinajstić information content (AvgIpc) is 3.20. The molecule has 0 aliphatic carbocycles. The van der Waals surface area contributed by atoms with Crippen LogP contribution in [0, 0.1) is 6.92 Å². The third-order valence-electron chi connectivity index (χ3n) is 4.60. The standard InChI is InChI=1S/C18H20ClN5O4/c1-9-21-16(23-11-6-4-3-5-10(11)19)13-17(22-9)24(8-20-13)18-15(26)14(25)12(28-18)7-27-2/h3-6,8,12,14-15,18,25-26H,7H2,1-2H3,(H,21,22,23)/t12-,14?,15?,18-/m1/s1. The van der Waals surface area contributed by atoms with Crippen molar-refractivity contribution in [3.8, 4) is 0 Å². The molecule has 2 unspecified atom stereocenters. The molecule has 1 aromatic carbocycles. The van der Waals surface area contributed by atoms with Crippen molar-refractivity contribution in [3.05, 3.63) is 41.4 Å². The fourth-order valence-electron chi connectivity index (χ4n) is 3.25. The average molecular weight is 406 g/mol. The quantitative estimate of drug-likeness (QED) is 0.588. The summed E-state index contributed by atoms with van der Waals surface area (Å²) in [4.78, 5) is 13.3. The lowest BCUT2D eigenvalue weighted by Gasteiger charge is -2.17. The predicted octanol–water partition coefficient (Wildman–Crippen LogP) is 1.80. The SMILES string of the molecule is COC[C@H]1O[C@@H](n2cnc3c(Nc4ccccc4Cl)nc(C)nc32)C(O)C1O. The molecular weight excluding hydrogens is 386 g/mol. The highest BCUT2D eigenvalue weighted by Gasteiger charge is 2.44. The molecule has 0 saturated carbocycles. The number of para-hydroxylation sites is 1. The number of aromatic nitrogens is 4. The Labute approximate surface area is 165 Å². The monoisotopic (exact) mass is 405 g/mol. The normalized spacial score (nSPS) is 24.8. The Bertz CT molecular complexity index is 997. The van der Waals surface area contributed by atoms with Crippen molar-refractivity contribution < 1.29 is 19.7 Å². The predicted molar refractivity (Wildman–Crippen MR) is 103 cm³/mol. The van der Waals surface area contributed by atoms with Crippen molar-refractivity contribution in [3.63, 3.8) is 0 Å². The van der Waals surface area contributed by atoms with E-state index < -0.39 is 24.5 Å². The fraction of sp³-hybridized carbons (Fsp3) is 0.389. The molecule has 0 bridgehead atoms. The van der Waals surface area contributed by atoms with Crippen LogP contribution < -0.4 is 5.32 Å². The molecule has 4 atom stereocenters. The third-order valence-corrected chi connectivity index (χ3v) is 4.93. The molecule has 4 rings (SSSR count). The van der Waals surface area contributed by atoms with E-state index >= 15 is 0 Å². The van der Waals surface area contributed by atoms with Gasteiger partial charge in [-0.05, 0) is 19.1 Å².